The van der Waals surface area contributed by atoms with Gasteiger partial charge in [-0.2, -0.15) is 0 Å². The number of ether oxygens (including phenoxy) is 1. The lowest BCUT2D eigenvalue weighted by molar-refractivity contribution is -0.119. The molecule has 4 atom stereocenters. The minimum absolute atomic E-state index is 0.0874. The van der Waals surface area contributed by atoms with Crippen LogP contribution in [0.15, 0.2) is 24.3 Å². The molecule has 0 radical (unpaired) electrons. The Morgan fingerprint density at radius 1 is 1.17 bits per heavy atom. The molecule has 0 bridgehead atoms. The predicted octanol–water partition coefficient (Wildman–Crippen LogP) is 2.99. The Labute approximate surface area is 142 Å². The number of nitrogens with one attached hydrogen (secondary N) is 1. The van der Waals surface area contributed by atoms with Crippen LogP contribution < -0.4 is 10.2 Å². The summed E-state index contributed by atoms with van der Waals surface area (Å²) in [6.45, 7) is 1.61. The summed E-state index contributed by atoms with van der Waals surface area (Å²) >= 11 is 6.25. The summed E-state index contributed by atoms with van der Waals surface area (Å²) in [4.78, 5) is 14.6. The molecule has 1 aliphatic carbocycles. The molecular weight excluding hydrogens is 312 g/mol. The third-order valence-corrected chi connectivity index (χ3v) is 5.86. The minimum atomic E-state index is -0.0874. The van der Waals surface area contributed by atoms with Gasteiger partial charge in [-0.3, -0.25) is 4.79 Å². The van der Waals surface area contributed by atoms with Crippen molar-refractivity contribution < 1.29 is 9.53 Å². The van der Waals surface area contributed by atoms with E-state index < -0.39 is 0 Å². The van der Waals surface area contributed by atoms with Gasteiger partial charge < -0.3 is 15.0 Å². The molecule has 2 heterocycles. The van der Waals surface area contributed by atoms with Crippen LogP contribution in [-0.2, 0) is 9.53 Å². The van der Waals surface area contributed by atoms with Crippen molar-refractivity contribution in [1.29, 1.82) is 0 Å². The van der Waals surface area contributed by atoms with Crippen LogP contribution in [0.25, 0.3) is 0 Å². The first-order valence-electron chi connectivity index (χ1n) is 8.67. The van der Waals surface area contributed by atoms with Gasteiger partial charge in [-0.05, 0) is 44.2 Å². The first-order chi connectivity index (χ1) is 11.2. The second-order valence-corrected chi connectivity index (χ2v) is 7.26. The van der Waals surface area contributed by atoms with Gasteiger partial charge in [-0.15, -0.1) is 0 Å². The summed E-state index contributed by atoms with van der Waals surface area (Å²) in [5, 5.41) is 4.29. The highest BCUT2D eigenvalue weighted by atomic mass is 35.5. The highest BCUT2D eigenvalue weighted by molar-refractivity contribution is 6.33. The molecule has 1 aromatic carbocycles. The zero-order chi connectivity index (χ0) is 15.8. The number of para-hydroxylation sites is 1. The van der Waals surface area contributed by atoms with E-state index in [1.54, 1.807) is 0 Å². The van der Waals surface area contributed by atoms with E-state index in [1.165, 1.54) is 12.8 Å². The number of fused-ring (bicyclic) bond motifs is 1. The van der Waals surface area contributed by atoms with Gasteiger partial charge in [0.05, 0.1) is 22.9 Å². The van der Waals surface area contributed by atoms with E-state index in [2.05, 4.69) is 5.32 Å². The summed E-state index contributed by atoms with van der Waals surface area (Å²) in [6.07, 6.45) is 5.88. The van der Waals surface area contributed by atoms with Crippen LogP contribution in [0.1, 0.15) is 32.1 Å². The van der Waals surface area contributed by atoms with E-state index in [-0.39, 0.29) is 11.9 Å². The molecule has 2 aliphatic heterocycles. The Balaban J connectivity index is 1.45. The first kappa shape index (κ1) is 15.4. The van der Waals surface area contributed by atoms with Crippen molar-refractivity contribution in [2.24, 2.45) is 5.92 Å². The molecule has 5 heteroatoms. The van der Waals surface area contributed by atoms with E-state index in [9.17, 15) is 4.79 Å². The summed E-state index contributed by atoms with van der Waals surface area (Å²) in [5.74, 6) is 0.727. The van der Waals surface area contributed by atoms with Gasteiger partial charge in [0.25, 0.3) is 0 Å². The van der Waals surface area contributed by atoms with E-state index in [0.717, 1.165) is 38.1 Å². The van der Waals surface area contributed by atoms with Crippen molar-refractivity contribution in [3.63, 3.8) is 0 Å². The maximum atomic E-state index is 12.8. The molecular formula is C18H23ClN2O2. The monoisotopic (exact) mass is 334 g/mol. The van der Waals surface area contributed by atoms with Crippen LogP contribution in [0.5, 0.6) is 0 Å². The lowest BCUT2D eigenvalue weighted by Gasteiger charge is -2.34. The van der Waals surface area contributed by atoms with Crippen molar-refractivity contribution in [3.05, 3.63) is 29.3 Å². The number of amides is 1. The van der Waals surface area contributed by atoms with Gasteiger partial charge in [0, 0.05) is 25.1 Å². The molecule has 0 aromatic heterocycles. The Bertz CT molecular complexity index is 594. The molecule has 3 aliphatic rings. The van der Waals surface area contributed by atoms with Gasteiger partial charge >= 0.3 is 0 Å². The topological polar surface area (TPSA) is 41.6 Å². The van der Waals surface area contributed by atoms with Crippen molar-refractivity contribution in [1.82, 2.24) is 5.32 Å². The highest BCUT2D eigenvalue weighted by Gasteiger charge is 2.41. The van der Waals surface area contributed by atoms with E-state index in [1.807, 2.05) is 29.2 Å². The largest absolute Gasteiger partial charge is 0.378 e. The molecule has 23 heavy (non-hydrogen) atoms. The van der Waals surface area contributed by atoms with Crippen LogP contribution in [-0.4, -0.2) is 37.2 Å². The molecule has 1 N–H and O–H groups in total. The Morgan fingerprint density at radius 2 is 2.04 bits per heavy atom. The average Bonchev–Trinajstić information content (AvgIpc) is 3.17. The molecule has 3 fully saturated rings. The van der Waals surface area contributed by atoms with Crippen LogP contribution in [0.3, 0.4) is 0 Å². The number of nitrogens with zero attached hydrogens (tertiary/aromatic N) is 1. The van der Waals surface area contributed by atoms with Crippen molar-refractivity contribution >= 4 is 23.2 Å². The third-order valence-electron chi connectivity index (χ3n) is 5.55. The zero-order valence-electron chi connectivity index (χ0n) is 13.2. The predicted molar refractivity (Wildman–Crippen MR) is 90.8 cm³/mol. The summed E-state index contributed by atoms with van der Waals surface area (Å²) in [5.41, 5.74) is 0.828. The fourth-order valence-corrected chi connectivity index (χ4v) is 4.62. The number of carbonyl (C=O) groups is 1. The lowest BCUT2D eigenvalue weighted by Crippen LogP contribution is -2.50. The number of hydrogen-bond donors (Lipinski definition) is 1. The number of hydrogen-bond acceptors (Lipinski definition) is 3. The Morgan fingerprint density at radius 3 is 2.91 bits per heavy atom. The van der Waals surface area contributed by atoms with Crippen molar-refractivity contribution in [2.75, 3.05) is 18.1 Å². The molecule has 1 aromatic rings. The van der Waals surface area contributed by atoms with Crippen molar-refractivity contribution in [2.45, 2.75) is 50.3 Å². The minimum Gasteiger partial charge on any atom is -0.378 e. The molecule has 4 nitrogen and oxygen atoms in total. The van der Waals surface area contributed by atoms with Crippen LogP contribution in [0.4, 0.5) is 5.69 Å². The maximum absolute atomic E-state index is 12.8. The van der Waals surface area contributed by atoms with Crippen LogP contribution in [0, 0.1) is 5.92 Å². The number of rotatable bonds is 3. The standard InChI is InChI=1S/C18H23ClN2O2/c19-13-4-1-2-6-16(13)21-10-8-15(18(21)22)20-14-5-3-7-17-12(14)9-11-23-17/h1-2,4,6,12,14-15,17,20H,3,5,7-11H2/t12-,14-,15-,17-/m1/s1. The van der Waals surface area contributed by atoms with Gasteiger partial charge in [0.2, 0.25) is 5.91 Å². The number of benzene rings is 1. The fraction of sp³-hybridized carbons (Fsp3) is 0.611. The van der Waals surface area contributed by atoms with E-state index in [4.69, 9.17) is 16.3 Å². The smallest absolute Gasteiger partial charge is 0.244 e. The van der Waals surface area contributed by atoms with Crippen molar-refractivity contribution in [3.8, 4) is 0 Å². The quantitative estimate of drug-likeness (QED) is 0.924. The van der Waals surface area contributed by atoms with Crippen LogP contribution in [0.2, 0.25) is 5.02 Å². The first-order valence-corrected chi connectivity index (χ1v) is 9.05. The van der Waals surface area contributed by atoms with Gasteiger partial charge in [-0.1, -0.05) is 23.7 Å². The molecule has 4 rings (SSSR count). The van der Waals surface area contributed by atoms with E-state index >= 15 is 0 Å². The van der Waals surface area contributed by atoms with Gasteiger partial charge in [0.15, 0.2) is 0 Å². The summed E-state index contributed by atoms with van der Waals surface area (Å²) < 4.78 is 5.83. The molecule has 2 saturated heterocycles. The summed E-state index contributed by atoms with van der Waals surface area (Å²) in [7, 11) is 0. The zero-order valence-corrected chi connectivity index (χ0v) is 14.0. The number of anilines is 1. The second-order valence-electron chi connectivity index (χ2n) is 6.85. The SMILES string of the molecule is O=C1[C@H](N[C@@H]2CCC[C@H]3OCC[C@H]23)CCN1c1ccccc1Cl. The van der Waals surface area contributed by atoms with Gasteiger partial charge in [0.1, 0.15) is 0 Å². The Kier molecular flexibility index (Phi) is 4.31. The molecule has 1 amide bonds. The normalized spacial score (nSPS) is 34.0. The molecule has 0 spiro atoms. The second kappa shape index (κ2) is 6.42. The third kappa shape index (κ3) is 2.88. The molecule has 1 saturated carbocycles. The molecule has 124 valence electrons. The fourth-order valence-electron chi connectivity index (χ4n) is 4.39. The van der Waals surface area contributed by atoms with E-state index in [0.29, 0.717) is 23.1 Å². The highest BCUT2D eigenvalue weighted by Crippen LogP contribution is 2.35. The Hall–Kier alpha value is -1.10. The number of halogens is 1. The lowest BCUT2D eigenvalue weighted by atomic mass is 9.81. The molecule has 0 unspecified atom stereocenters. The summed E-state index contributed by atoms with van der Waals surface area (Å²) in [6, 6.07) is 7.91. The maximum Gasteiger partial charge on any atom is 0.244 e. The number of carbonyl (C=O) groups excluding carboxylic acids is 1. The van der Waals surface area contributed by atoms with Crippen LogP contribution >= 0.6 is 11.6 Å². The van der Waals surface area contributed by atoms with Gasteiger partial charge in [-0.25, -0.2) is 0 Å². The average molecular weight is 335 g/mol.